The van der Waals surface area contributed by atoms with Crippen molar-refractivity contribution in [2.75, 3.05) is 18.7 Å². The maximum Gasteiger partial charge on any atom is 0.358 e. The SMILES string of the molecule is COC(=O)c1cnc(Nc2cccc(SC)c2)cn1. The zero-order valence-corrected chi connectivity index (χ0v) is 11.4. The van der Waals surface area contributed by atoms with Crippen molar-refractivity contribution in [1.29, 1.82) is 0 Å². The zero-order valence-electron chi connectivity index (χ0n) is 10.6. The van der Waals surface area contributed by atoms with E-state index in [1.54, 1.807) is 11.8 Å². The fraction of sp³-hybridized carbons (Fsp3) is 0.154. The molecule has 0 atom stereocenters. The van der Waals surface area contributed by atoms with E-state index in [0.717, 1.165) is 10.6 Å². The van der Waals surface area contributed by atoms with Crippen molar-refractivity contribution in [3.63, 3.8) is 0 Å². The molecule has 1 N–H and O–H groups in total. The van der Waals surface area contributed by atoms with Crippen molar-refractivity contribution < 1.29 is 9.53 Å². The van der Waals surface area contributed by atoms with E-state index < -0.39 is 5.97 Å². The molecule has 2 rings (SSSR count). The molecule has 0 saturated heterocycles. The summed E-state index contributed by atoms with van der Waals surface area (Å²) in [4.78, 5) is 20.5. The highest BCUT2D eigenvalue weighted by Gasteiger charge is 2.07. The van der Waals surface area contributed by atoms with E-state index in [9.17, 15) is 4.79 Å². The van der Waals surface area contributed by atoms with Gasteiger partial charge in [-0.25, -0.2) is 14.8 Å². The number of methoxy groups -OCH3 is 1. The van der Waals surface area contributed by atoms with Gasteiger partial charge in [-0.2, -0.15) is 0 Å². The molecule has 0 unspecified atom stereocenters. The highest BCUT2D eigenvalue weighted by molar-refractivity contribution is 7.98. The van der Waals surface area contributed by atoms with Gasteiger partial charge in [0.15, 0.2) is 5.69 Å². The standard InChI is InChI=1S/C13H13N3O2S/c1-18-13(17)11-7-15-12(8-14-11)16-9-4-3-5-10(6-9)19-2/h3-8H,1-2H3,(H,15,16). The van der Waals surface area contributed by atoms with Crippen LogP contribution in [0.5, 0.6) is 0 Å². The van der Waals surface area contributed by atoms with E-state index in [-0.39, 0.29) is 5.69 Å². The van der Waals surface area contributed by atoms with Crippen LogP contribution in [-0.4, -0.2) is 29.3 Å². The lowest BCUT2D eigenvalue weighted by Gasteiger charge is -2.06. The number of carbonyl (C=O) groups is 1. The summed E-state index contributed by atoms with van der Waals surface area (Å²) in [5.74, 6) is 0.0781. The van der Waals surface area contributed by atoms with Gasteiger partial charge in [-0.3, -0.25) is 0 Å². The molecular weight excluding hydrogens is 262 g/mol. The largest absolute Gasteiger partial charge is 0.464 e. The molecule has 1 aromatic carbocycles. The number of hydrogen-bond donors (Lipinski definition) is 1. The smallest absolute Gasteiger partial charge is 0.358 e. The molecule has 0 radical (unpaired) electrons. The maximum absolute atomic E-state index is 11.2. The fourth-order valence-electron chi connectivity index (χ4n) is 1.45. The molecule has 1 aromatic heterocycles. The van der Waals surface area contributed by atoms with E-state index in [2.05, 4.69) is 20.0 Å². The van der Waals surface area contributed by atoms with Crippen LogP contribution >= 0.6 is 11.8 Å². The summed E-state index contributed by atoms with van der Waals surface area (Å²) in [6, 6.07) is 7.95. The first-order valence-corrected chi connectivity index (χ1v) is 6.77. The lowest BCUT2D eigenvalue weighted by atomic mass is 10.3. The van der Waals surface area contributed by atoms with Crippen molar-refractivity contribution in [3.05, 3.63) is 42.4 Å². The van der Waals surface area contributed by atoms with Gasteiger partial charge in [0.05, 0.1) is 19.5 Å². The Labute approximate surface area is 115 Å². The van der Waals surface area contributed by atoms with Gasteiger partial charge in [0.25, 0.3) is 0 Å². The first-order chi connectivity index (χ1) is 9.22. The minimum absolute atomic E-state index is 0.186. The number of nitrogens with zero attached hydrogens (tertiary/aromatic N) is 2. The van der Waals surface area contributed by atoms with Crippen molar-refractivity contribution >= 4 is 29.2 Å². The number of anilines is 2. The second kappa shape index (κ2) is 6.19. The average Bonchev–Trinajstić information content (AvgIpc) is 2.47. The number of thioether (sulfide) groups is 1. The minimum Gasteiger partial charge on any atom is -0.464 e. The Morgan fingerprint density at radius 2 is 2.16 bits per heavy atom. The topological polar surface area (TPSA) is 64.1 Å². The molecule has 19 heavy (non-hydrogen) atoms. The number of benzene rings is 1. The second-order valence-corrected chi connectivity index (χ2v) is 4.52. The molecule has 1 heterocycles. The van der Waals surface area contributed by atoms with Crippen molar-refractivity contribution in [2.24, 2.45) is 0 Å². The Bertz CT molecular complexity index is 572. The van der Waals surface area contributed by atoms with Gasteiger partial charge >= 0.3 is 5.97 Å². The number of hydrogen-bond acceptors (Lipinski definition) is 6. The molecule has 0 aliphatic rings. The number of ether oxygens (including phenoxy) is 1. The van der Waals surface area contributed by atoms with Gasteiger partial charge in [0.1, 0.15) is 5.82 Å². The first kappa shape index (κ1) is 13.4. The predicted molar refractivity (Wildman–Crippen MR) is 74.9 cm³/mol. The number of esters is 1. The molecule has 6 heteroatoms. The summed E-state index contributed by atoms with van der Waals surface area (Å²) in [5, 5.41) is 3.12. The summed E-state index contributed by atoms with van der Waals surface area (Å²) in [7, 11) is 1.31. The zero-order chi connectivity index (χ0) is 13.7. The fourth-order valence-corrected chi connectivity index (χ4v) is 1.91. The van der Waals surface area contributed by atoms with Crippen LogP contribution in [-0.2, 0) is 4.74 Å². The van der Waals surface area contributed by atoms with Crippen LogP contribution in [0.4, 0.5) is 11.5 Å². The molecule has 0 bridgehead atoms. The molecule has 0 saturated carbocycles. The molecular formula is C13H13N3O2S. The second-order valence-electron chi connectivity index (χ2n) is 3.64. The lowest BCUT2D eigenvalue weighted by molar-refractivity contribution is 0.0593. The molecule has 0 aliphatic carbocycles. The molecule has 5 nitrogen and oxygen atoms in total. The van der Waals surface area contributed by atoms with Crippen LogP contribution in [0.2, 0.25) is 0 Å². The van der Waals surface area contributed by atoms with Gasteiger partial charge in [0.2, 0.25) is 0 Å². The van der Waals surface area contributed by atoms with Gasteiger partial charge in [0, 0.05) is 10.6 Å². The quantitative estimate of drug-likeness (QED) is 0.683. The Kier molecular flexibility index (Phi) is 4.35. The van der Waals surface area contributed by atoms with Crippen LogP contribution in [0, 0.1) is 0 Å². The third-order valence-corrected chi connectivity index (χ3v) is 3.11. The monoisotopic (exact) mass is 275 g/mol. The highest BCUT2D eigenvalue weighted by Crippen LogP contribution is 2.21. The number of aromatic nitrogens is 2. The average molecular weight is 275 g/mol. The van der Waals surface area contributed by atoms with Crippen LogP contribution in [0.1, 0.15) is 10.5 Å². The Balaban J connectivity index is 2.12. The van der Waals surface area contributed by atoms with Crippen LogP contribution < -0.4 is 5.32 Å². The molecule has 0 aliphatic heterocycles. The van der Waals surface area contributed by atoms with Gasteiger partial charge in [-0.1, -0.05) is 6.07 Å². The van der Waals surface area contributed by atoms with E-state index in [1.165, 1.54) is 19.5 Å². The summed E-state index contributed by atoms with van der Waals surface area (Å²) < 4.78 is 4.56. The molecule has 0 amide bonds. The van der Waals surface area contributed by atoms with Crippen molar-refractivity contribution in [1.82, 2.24) is 9.97 Å². The third kappa shape index (κ3) is 3.45. The summed E-state index contributed by atoms with van der Waals surface area (Å²) >= 11 is 1.67. The summed E-state index contributed by atoms with van der Waals surface area (Å²) in [6.07, 6.45) is 4.90. The Morgan fingerprint density at radius 3 is 2.79 bits per heavy atom. The summed E-state index contributed by atoms with van der Waals surface area (Å²) in [6.45, 7) is 0. The van der Waals surface area contributed by atoms with Crippen LogP contribution in [0.25, 0.3) is 0 Å². The molecule has 2 aromatic rings. The third-order valence-electron chi connectivity index (χ3n) is 2.39. The van der Waals surface area contributed by atoms with Crippen molar-refractivity contribution in [3.8, 4) is 0 Å². The highest BCUT2D eigenvalue weighted by atomic mass is 32.2. The number of carbonyl (C=O) groups excluding carboxylic acids is 1. The van der Waals surface area contributed by atoms with Crippen LogP contribution in [0.3, 0.4) is 0 Å². The maximum atomic E-state index is 11.2. The van der Waals surface area contributed by atoms with Gasteiger partial charge < -0.3 is 10.1 Å². The van der Waals surface area contributed by atoms with E-state index in [0.29, 0.717) is 5.82 Å². The Morgan fingerprint density at radius 1 is 1.32 bits per heavy atom. The Hall–Kier alpha value is -2.08. The van der Waals surface area contributed by atoms with Crippen LogP contribution in [0.15, 0.2) is 41.6 Å². The van der Waals surface area contributed by atoms with Gasteiger partial charge in [-0.15, -0.1) is 11.8 Å². The lowest BCUT2D eigenvalue weighted by Crippen LogP contribution is -2.05. The van der Waals surface area contributed by atoms with Crippen molar-refractivity contribution in [2.45, 2.75) is 4.90 Å². The number of nitrogens with one attached hydrogen (secondary N) is 1. The molecule has 98 valence electrons. The van der Waals surface area contributed by atoms with E-state index in [1.807, 2.05) is 30.5 Å². The minimum atomic E-state index is -0.497. The molecule has 0 fully saturated rings. The summed E-state index contributed by atoms with van der Waals surface area (Å²) in [5.41, 5.74) is 1.11. The molecule has 0 spiro atoms. The normalized spacial score (nSPS) is 10.0. The predicted octanol–water partition coefficient (Wildman–Crippen LogP) is 2.73. The van der Waals surface area contributed by atoms with Gasteiger partial charge in [-0.05, 0) is 24.5 Å². The number of rotatable bonds is 4. The van der Waals surface area contributed by atoms with E-state index >= 15 is 0 Å². The van der Waals surface area contributed by atoms with E-state index in [4.69, 9.17) is 0 Å². The first-order valence-electron chi connectivity index (χ1n) is 5.54.